The molecule has 1 aromatic heterocycles. The largest absolute Gasteiger partial charge is 0.460 e. The number of aromatic nitrogens is 2. The normalized spacial score (nSPS) is 12.5. The van der Waals surface area contributed by atoms with Gasteiger partial charge in [-0.25, -0.2) is 9.78 Å². The maximum atomic E-state index is 12.5. The number of hydrogen-bond donors (Lipinski definition) is 0. The molecule has 1 aromatic carbocycles. The van der Waals surface area contributed by atoms with Gasteiger partial charge in [-0.3, -0.25) is 9.36 Å². The highest BCUT2D eigenvalue weighted by Crippen LogP contribution is 2.30. The molecule has 6 nitrogen and oxygen atoms in total. The highest BCUT2D eigenvalue weighted by Gasteiger charge is 2.28. The number of imidazole rings is 1. The van der Waals surface area contributed by atoms with Gasteiger partial charge in [0.1, 0.15) is 0 Å². The van der Waals surface area contributed by atoms with Gasteiger partial charge >= 0.3 is 5.97 Å². The minimum absolute atomic E-state index is 0.0350. The third-order valence-corrected chi connectivity index (χ3v) is 3.34. The maximum Gasteiger partial charge on any atom is 0.374 e. The fourth-order valence-corrected chi connectivity index (χ4v) is 2.38. The van der Waals surface area contributed by atoms with Crippen LogP contribution in [0.1, 0.15) is 39.0 Å². The van der Waals surface area contributed by atoms with Crippen LogP contribution in [0.5, 0.6) is 0 Å². The highest BCUT2D eigenvalue weighted by atomic mass is 16.5. The van der Waals surface area contributed by atoms with Crippen LogP contribution in [0.3, 0.4) is 0 Å². The Morgan fingerprint density at radius 2 is 2.27 bits per heavy atom. The van der Waals surface area contributed by atoms with Crippen molar-refractivity contribution < 1.29 is 14.3 Å². The van der Waals surface area contributed by atoms with Gasteiger partial charge in [-0.1, -0.05) is 12.1 Å². The molecule has 1 aliphatic carbocycles. The van der Waals surface area contributed by atoms with Crippen molar-refractivity contribution >= 4 is 23.5 Å². The zero-order valence-corrected chi connectivity index (χ0v) is 11.7. The van der Waals surface area contributed by atoms with Gasteiger partial charge in [0.25, 0.3) is 0 Å². The van der Waals surface area contributed by atoms with E-state index in [1.807, 2.05) is 0 Å². The van der Waals surface area contributed by atoms with Gasteiger partial charge in [0.15, 0.2) is 0 Å². The van der Waals surface area contributed by atoms with Gasteiger partial charge in [-0.2, -0.15) is 5.26 Å². The number of Topliss-reactive ketones (excluding diaryl/α,β-unsaturated/α-hetero) is 1. The molecule has 1 aliphatic rings. The summed E-state index contributed by atoms with van der Waals surface area (Å²) >= 11 is 0. The number of ketones is 1. The van der Waals surface area contributed by atoms with Crippen molar-refractivity contribution in [2.75, 3.05) is 6.61 Å². The minimum atomic E-state index is -0.599. The molecule has 3 rings (SSSR count). The fourth-order valence-electron chi connectivity index (χ4n) is 2.38. The Morgan fingerprint density at radius 3 is 3.00 bits per heavy atom. The van der Waals surface area contributed by atoms with Crippen LogP contribution >= 0.6 is 0 Å². The molecule has 0 unspecified atom stereocenters. The number of benzene rings is 1. The van der Waals surface area contributed by atoms with E-state index >= 15 is 0 Å². The summed E-state index contributed by atoms with van der Waals surface area (Å²) in [5, 5.41) is 9.13. The van der Waals surface area contributed by atoms with Crippen LogP contribution < -0.4 is 0 Å². The van der Waals surface area contributed by atoms with Crippen LogP contribution in [0.15, 0.2) is 30.6 Å². The van der Waals surface area contributed by atoms with Crippen molar-refractivity contribution in [3.63, 3.8) is 0 Å². The summed E-state index contributed by atoms with van der Waals surface area (Å²) in [6.45, 7) is 1.91. The molecule has 0 radical (unpaired) electrons. The summed E-state index contributed by atoms with van der Waals surface area (Å²) in [7, 11) is 0. The molecule has 0 amide bonds. The second-order valence-electron chi connectivity index (χ2n) is 4.58. The van der Waals surface area contributed by atoms with Crippen LogP contribution in [0.25, 0.3) is 11.8 Å². The fraction of sp³-hybridized carbons (Fsp3) is 0.125. The Bertz CT molecular complexity index is 856. The second kappa shape index (κ2) is 5.30. The number of carbonyl (C=O) groups excluding carboxylic acids is 2. The van der Waals surface area contributed by atoms with Crippen molar-refractivity contribution in [3.05, 3.63) is 53.1 Å². The summed E-state index contributed by atoms with van der Waals surface area (Å²) < 4.78 is 6.32. The molecule has 0 bridgehead atoms. The van der Waals surface area contributed by atoms with Gasteiger partial charge in [0.2, 0.25) is 11.6 Å². The Kier molecular flexibility index (Phi) is 3.31. The molecule has 0 saturated heterocycles. The summed E-state index contributed by atoms with van der Waals surface area (Å²) in [6.07, 6.45) is 4.54. The van der Waals surface area contributed by atoms with Gasteiger partial charge in [-0.15, -0.1) is 0 Å². The van der Waals surface area contributed by atoms with Gasteiger partial charge in [-0.05, 0) is 19.1 Å². The van der Waals surface area contributed by atoms with Crippen molar-refractivity contribution in [1.29, 1.82) is 5.26 Å². The smallest absolute Gasteiger partial charge is 0.374 e. The van der Waals surface area contributed by atoms with E-state index in [1.165, 1.54) is 17.0 Å². The Morgan fingerprint density at radius 1 is 1.45 bits per heavy atom. The molecular formula is C16H11N3O3. The Balaban J connectivity index is 2.09. The molecule has 0 N–H and O–H groups in total. The zero-order chi connectivity index (χ0) is 15.7. The van der Waals surface area contributed by atoms with Gasteiger partial charge in [0.05, 0.1) is 23.9 Å². The highest BCUT2D eigenvalue weighted by molar-refractivity contribution is 6.34. The lowest BCUT2D eigenvalue weighted by Crippen LogP contribution is -2.15. The zero-order valence-electron chi connectivity index (χ0n) is 11.7. The van der Waals surface area contributed by atoms with Crippen LogP contribution in [-0.2, 0) is 4.74 Å². The topological polar surface area (TPSA) is 85.0 Å². The number of nitriles is 1. The van der Waals surface area contributed by atoms with Gasteiger partial charge < -0.3 is 4.74 Å². The predicted molar refractivity (Wildman–Crippen MR) is 77.8 cm³/mol. The maximum absolute atomic E-state index is 12.5. The third kappa shape index (κ3) is 2.00. The second-order valence-corrected chi connectivity index (χ2v) is 4.58. The van der Waals surface area contributed by atoms with Crippen LogP contribution in [0, 0.1) is 11.3 Å². The lowest BCUT2D eigenvalue weighted by atomic mass is 10.0. The quantitative estimate of drug-likeness (QED) is 0.809. The first-order valence-corrected chi connectivity index (χ1v) is 6.67. The first-order chi connectivity index (χ1) is 10.7. The first-order valence-electron chi connectivity index (χ1n) is 6.67. The van der Waals surface area contributed by atoms with Crippen LogP contribution in [0.4, 0.5) is 0 Å². The van der Waals surface area contributed by atoms with Crippen molar-refractivity contribution in [1.82, 2.24) is 9.55 Å². The summed E-state index contributed by atoms with van der Waals surface area (Å²) in [6, 6.07) is 7.02. The molecule has 22 heavy (non-hydrogen) atoms. The SMILES string of the molecule is CCOC(=O)c1nccn1C1=Cc2c(C#N)cccc2C1=O. The number of allylic oxidation sites excluding steroid dienone is 1. The summed E-state index contributed by atoms with van der Waals surface area (Å²) in [5.74, 6) is -0.818. The predicted octanol–water partition coefficient (Wildman–Crippen LogP) is 2.13. The van der Waals surface area contributed by atoms with Crippen LogP contribution in [-0.4, -0.2) is 27.9 Å². The lowest BCUT2D eigenvalue weighted by Gasteiger charge is -2.06. The number of ether oxygens (including phenoxy) is 1. The van der Waals surface area contributed by atoms with Crippen LogP contribution in [0.2, 0.25) is 0 Å². The number of carbonyl (C=O) groups is 2. The molecule has 0 fully saturated rings. The van der Waals surface area contributed by atoms with Crippen molar-refractivity contribution in [3.8, 4) is 6.07 Å². The van der Waals surface area contributed by atoms with E-state index in [1.54, 1.807) is 31.2 Å². The molecule has 6 heteroatoms. The van der Waals surface area contributed by atoms with Crippen molar-refractivity contribution in [2.45, 2.75) is 6.92 Å². The third-order valence-electron chi connectivity index (χ3n) is 3.34. The van der Waals surface area contributed by atoms with E-state index in [4.69, 9.17) is 10.00 Å². The minimum Gasteiger partial charge on any atom is -0.460 e. The monoisotopic (exact) mass is 293 g/mol. The Hall–Kier alpha value is -3.20. The first kappa shape index (κ1) is 13.8. The molecule has 108 valence electrons. The van der Waals surface area contributed by atoms with E-state index in [9.17, 15) is 9.59 Å². The molecule has 1 heterocycles. The molecule has 0 spiro atoms. The molecule has 2 aromatic rings. The molecular weight excluding hydrogens is 282 g/mol. The average molecular weight is 293 g/mol. The Labute approximate surface area is 126 Å². The number of fused-ring (bicyclic) bond motifs is 1. The lowest BCUT2D eigenvalue weighted by molar-refractivity contribution is 0.0510. The van der Waals surface area contributed by atoms with E-state index in [-0.39, 0.29) is 23.9 Å². The average Bonchev–Trinajstić information content (AvgIpc) is 3.12. The molecule has 0 atom stereocenters. The number of nitrogens with zero attached hydrogens (tertiary/aromatic N) is 3. The van der Waals surface area contributed by atoms with E-state index in [2.05, 4.69) is 11.1 Å². The number of hydrogen-bond acceptors (Lipinski definition) is 5. The summed E-state index contributed by atoms with van der Waals surface area (Å²) in [4.78, 5) is 28.4. The van der Waals surface area contributed by atoms with Gasteiger partial charge in [0, 0.05) is 23.5 Å². The standard InChI is InChI=1S/C16H11N3O3/c1-2-22-16(21)15-18-6-7-19(15)13-8-12-10(9-17)4-3-5-11(12)14(13)20/h3-8H,2H2,1H3. The van der Waals surface area contributed by atoms with E-state index < -0.39 is 5.97 Å². The number of esters is 1. The van der Waals surface area contributed by atoms with E-state index in [0.29, 0.717) is 16.7 Å². The molecule has 0 saturated carbocycles. The molecule has 0 aliphatic heterocycles. The number of rotatable bonds is 3. The van der Waals surface area contributed by atoms with E-state index in [0.717, 1.165) is 0 Å². The summed E-state index contributed by atoms with van der Waals surface area (Å²) in [5.41, 5.74) is 1.70. The van der Waals surface area contributed by atoms with Crippen molar-refractivity contribution in [2.24, 2.45) is 0 Å².